The number of benzene rings is 1. The number of fused-ring (bicyclic) bond motifs is 3. The van der Waals surface area contributed by atoms with E-state index in [1.807, 2.05) is 31.2 Å². The molecule has 2 saturated carbocycles. The topological polar surface area (TPSA) is 183 Å². The molecule has 1 aromatic heterocycles. The van der Waals surface area contributed by atoms with Crippen molar-refractivity contribution in [2.75, 3.05) is 13.7 Å². The van der Waals surface area contributed by atoms with Gasteiger partial charge in [0.05, 0.1) is 35.6 Å². The number of nitrogens with one attached hydrogen (secondary N) is 2. The smallest absolute Gasteiger partial charge is 0.260 e. The Labute approximate surface area is 292 Å². The van der Waals surface area contributed by atoms with Crippen molar-refractivity contribution in [2.24, 2.45) is 23.5 Å². The summed E-state index contributed by atoms with van der Waals surface area (Å²) in [7, 11) is -2.39. The van der Waals surface area contributed by atoms with E-state index in [0.717, 1.165) is 37.8 Å². The molecule has 1 saturated heterocycles. The molecule has 3 aliphatic carbocycles. The molecular weight excluding hydrogens is 660 g/mol. The third-order valence-electron chi connectivity index (χ3n) is 10.9. The lowest BCUT2D eigenvalue weighted by molar-refractivity contribution is -0.141. The molecule has 14 heteroatoms. The molecule has 2 aromatic rings. The van der Waals surface area contributed by atoms with Crippen LogP contribution in [-0.4, -0.2) is 78.4 Å². The van der Waals surface area contributed by atoms with Crippen LogP contribution in [0.25, 0.3) is 11.0 Å². The van der Waals surface area contributed by atoms with Gasteiger partial charge in [-0.25, -0.2) is 23.1 Å². The fraction of sp³-hybridized carbons (Fsp3) is 0.583. The minimum absolute atomic E-state index is 0.0902. The first-order valence-corrected chi connectivity index (χ1v) is 19.2. The van der Waals surface area contributed by atoms with E-state index in [9.17, 15) is 22.8 Å². The summed E-state index contributed by atoms with van der Waals surface area (Å²) in [6, 6.07) is 3.61. The number of rotatable bonds is 8. The molecule has 13 nitrogen and oxygen atoms in total. The average Bonchev–Trinajstić information content (AvgIpc) is 3.98. The first kappa shape index (κ1) is 34.4. The highest BCUT2D eigenvalue weighted by Gasteiger charge is 2.62. The third-order valence-corrected chi connectivity index (χ3v) is 12.4. The summed E-state index contributed by atoms with van der Waals surface area (Å²) < 4.78 is 39.5. The van der Waals surface area contributed by atoms with Crippen LogP contribution in [0.2, 0.25) is 0 Å². The number of allylic oxidation sites excluding steroid dienone is 3. The summed E-state index contributed by atoms with van der Waals surface area (Å²) in [5.74, 6) is -0.643. The lowest BCUT2D eigenvalue weighted by Crippen LogP contribution is -2.58. The van der Waals surface area contributed by atoms with Gasteiger partial charge < -0.3 is 25.4 Å². The average molecular weight is 707 g/mol. The zero-order valence-corrected chi connectivity index (χ0v) is 29.6. The summed E-state index contributed by atoms with van der Waals surface area (Å²) in [4.78, 5) is 53.5. The maximum Gasteiger partial charge on any atom is 0.260 e. The van der Waals surface area contributed by atoms with Gasteiger partial charge in [0, 0.05) is 30.7 Å². The van der Waals surface area contributed by atoms with Crippen LogP contribution in [0.15, 0.2) is 41.3 Å². The van der Waals surface area contributed by atoms with Crippen molar-refractivity contribution >= 4 is 38.8 Å². The van der Waals surface area contributed by atoms with E-state index in [2.05, 4.69) is 17.0 Å². The largest absolute Gasteiger partial charge is 0.497 e. The molecule has 268 valence electrons. The van der Waals surface area contributed by atoms with E-state index in [-0.39, 0.29) is 48.0 Å². The number of nitrogens with two attached hydrogens (primary N) is 1. The Morgan fingerprint density at radius 3 is 2.64 bits per heavy atom. The summed E-state index contributed by atoms with van der Waals surface area (Å²) in [5.41, 5.74) is 7.29. The number of sulfonamides is 1. The number of ether oxygens (including phenoxy) is 2. The second-order valence-electron chi connectivity index (χ2n) is 14.6. The van der Waals surface area contributed by atoms with Gasteiger partial charge in [0.2, 0.25) is 17.7 Å². The SMILES string of the molecule is CC[C@@H]1C[C@H](C)CC/C=C\[C@@H]2C[C@@]2(C(=O)NS(=O)(=O)C2=CC2)NC(=O)[C@@H]2C[C@@H](Oc3nc4ccc(OC)cc4nc3C3CC3)CN2C(=O)[C@H]1N. The molecule has 0 spiro atoms. The van der Waals surface area contributed by atoms with E-state index in [1.54, 1.807) is 13.2 Å². The molecule has 3 fully saturated rings. The number of carbonyl (C=O) groups excluding carboxylic acids is 3. The molecule has 1 aromatic carbocycles. The lowest BCUT2D eigenvalue weighted by Gasteiger charge is -2.31. The first-order chi connectivity index (χ1) is 23.9. The summed E-state index contributed by atoms with van der Waals surface area (Å²) in [6.45, 7) is 4.26. The van der Waals surface area contributed by atoms with Gasteiger partial charge in [-0.2, -0.15) is 0 Å². The zero-order chi connectivity index (χ0) is 35.4. The monoisotopic (exact) mass is 706 g/mol. The molecule has 7 rings (SSSR count). The van der Waals surface area contributed by atoms with Crippen molar-refractivity contribution in [3.05, 3.63) is 47.0 Å². The first-order valence-electron chi connectivity index (χ1n) is 17.8. The third kappa shape index (κ3) is 6.83. The Morgan fingerprint density at radius 1 is 1.16 bits per heavy atom. The number of methoxy groups -OCH3 is 1. The van der Waals surface area contributed by atoms with Crippen LogP contribution in [0, 0.1) is 17.8 Å². The van der Waals surface area contributed by atoms with Crippen LogP contribution in [0.3, 0.4) is 0 Å². The summed E-state index contributed by atoms with van der Waals surface area (Å²) >= 11 is 0. The normalized spacial score (nSPS) is 32.1. The Kier molecular flexibility index (Phi) is 9.12. The molecule has 4 N–H and O–H groups in total. The van der Waals surface area contributed by atoms with E-state index >= 15 is 0 Å². The predicted octanol–water partition coefficient (Wildman–Crippen LogP) is 3.20. The molecule has 7 atom stereocenters. The molecular formula is C36H46N6O7S. The highest BCUT2D eigenvalue weighted by molar-refractivity contribution is 7.94. The van der Waals surface area contributed by atoms with Gasteiger partial charge >= 0.3 is 0 Å². The number of aromatic nitrogens is 2. The quantitative estimate of drug-likeness (QED) is 0.345. The second-order valence-corrected chi connectivity index (χ2v) is 16.4. The number of hydrogen-bond donors (Lipinski definition) is 3. The van der Waals surface area contributed by atoms with Crippen molar-refractivity contribution in [3.63, 3.8) is 0 Å². The molecule has 3 heterocycles. The molecule has 5 aliphatic rings. The Bertz CT molecular complexity index is 1880. The summed E-state index contributed by atoms with van der Waals surface area (Å²) in [5, 5.41) is 2.90. The van der Waals surface area contributed by atoms with E-state index in [4.69, 9.17) is 25.2 Å². The zero-order valence-electron chi connectivity index (χ0n) is 28.8. The van der Waals surface area contributed by atoms with Crippen molar-refractivity contribution in [1.82, 2.24) is 24.9 Å². The van der Waals surface area contributed by atoms with E-state index < -0.39 is 51.5 Å². The number of carbonyl (C=O) groups is 3. The fourth-order valence-electron chi connectivity index (χ4n) is 7.46. The highest BCUT2D eigenvalue weighted by atomic mass is 32.2. The van der Waals surface area contributed by atoms with Crippen molar-refractivity contribution in [2.45, 2.75) is 101 Å². The van der Waals surface area contributed by atoms with Crippen molar-refractivity contribution in [1.29, 1.82) is 0 Å². The number of amides is 3. The van der Waals surface area contributed by atoms with Crippen LogP contribution < -0.4 is 25.2 Å². The second kappa shape index (κ2) is 13.3. The minimum Gasteiger partial charge on any atom is -0.497 e. The molecule has 0 unspecified atom stereocenters. The standard InChI is InChI=1S/C36H46N6O7S/c1-4-21-15-20(2)7-5-6-8-23-18-36(23,35(45)41-50(46,47)26-12-13-26)40-32(43)29-17-25(19-42(29)34(44)30(21)37)49-33-31(22-9-10-22)38-28-16-24(48-3)11-14-27(28)39-33/h6,8,11-12,14,16,20-23,25,29-30H,4-5,7,9-10,13,15,17-19,37H2,1-3H3,(H,40,43)(H,41,45)/b8-6-/t20-,21-,23-,25-,29+,30+,36-/m1/s1. The van der Waals surface area contributed by atoms with E-state index in [1.165, 1.54) is 11.0 Å². The van der Waals surface area contributed by atoms with Crippen LogP contribution >= 0.6 is 0 Å². The van der Waals surface area contributed by atoms with Crippen LogP contribution in [0.4, 0.5) is 0 Å². The number of nitrogens with zero attached hydrogens (tertiary/aromatic N) is 3. The molecule has 2 aliphatic heterocycles. The van der Waals surface area contributed by atoms with Gasteiger partial charge in [-0.05, 0) is 62.5 Å². The van der Waals surface area contributed by atoms with Gasteiger partial charge in [-0.15, -0.1) is 0 Å². The maximum absolute atomic E-state index is 14.3. The van der Waals surface area contributed by atoms with Gasteiger partial charge in [-0.3, -0.25) is 14.4 Å². The Balaban J connectivity index is 1.20. The lowest BCUT2D eigenvalue weighted by atomic mass is 9.85. The molecule has 50 heavy (non-hydrogen) atoms. The summed E-state index contributed by atoms with van der Waals surface area (Å²) in [6.07, 6.45) is 10.5. The molecule has 0 radical (unpaired) electrons. The van der Waals surface area contributed by atoms with Gasteiger partial charge in [0.25, 0.3) is 15.9 Å². The van der Waals surface area contributed by atoms with Crippen molar-refractivity contribution in [3.8, 4) is 11.6 Å². The highest BCUT2D eigenvalue weighted by Crippen LogP contribution is 2.47. The fourth-order valence-corrected chi connectivity index (χ4v) is 8.54. The van der Waals surface area contributed by atoms with Crippen molar-refractivity contribution < 1.29 is 32.3 Å². The van der Waals surface area contributed by atoms with Crippen LogP contribution in [0.5, 0.6) is 11.6 Å². The molecule has 3 amide bonds. The van der Waals surface area contributed by atoms with Crippen LogP contribution in [-0.2, 0) is 24.4 Å². The predicted molar refractivity (Wildman–Crippen MR) is 185 cm³/mol. The maximum atomic E-state index is 14.3. The van der Waals surface area contributed by atoms with Gasteiger partial charge in [0.1, 0.15) is 29.1 Å². The minimum atomic E-state index is -3.98. The molecule has 0 bridgehead atoms. The van der Waals surface area contributed by atoms with E-state index in [0.29, 0.717) is 35.5 Å². The van der Waals surface area contributed by atoms with Gasteiger partial charge in [0.15, 0.2) is 0 Å². The number of hydrogen-bond acceptors (Lipinski definition) is 10. The van der Waals surface area contributed by atoms with Gasteiger partial charge in [-0.1, -0.05) is 38.5 Å². The Hall–Kier alpha value is -4.04. The van der Waals surface area contributed by atoms with Crippen LogP contribution in [0.1, 0.15) is 83.2 Å². The Morgan fingerprint density at radius 2 is 1.94 bits per heavy atom.